The van der Waals surface area contributed by atoms with Crippen molar-refractivity contribution in [3.63, 3.8) is 0 Å². The molecule has 0 N–H and O–H groups in total. The second kappa shape index (κ2) is 4.11. The van der Waals surface area contributed by atoms with Crippen LogP contribution in [-0.2, 0) is 7.05 Å². The van der Waals surface area contributed by atoms with E-state index in [9.17, 15) is 4.79 Å². The minimum absolute atomic E-state index is 0.000697. The second-order valence-electron chi connectivity index (χ2n) is 4.23. The molecule has 0 unspecified atom stereocenters. The van der Waals surface area contributed by atoms with Gasteiger partial charge < -0.3 is 0 Å². The van der Waals surface area contributed by atoms with Gasteiger partial charge in [0.1, 0.15) is 5.69 Å². The Morgan fingerprint density at radius 2 is 1.83 bits per heavy atom. The molecule has 0 spiro atoms. The predicted molar refractivity (Wildman–Crippen MR) is 70.6 cm³/mol. The summed E-state index contributed by atoms with van der Waals surface area (Å²) < 4.78 is 1.59. The number of carbonyl (C=O) groups is 1. The SMILES string of the molecule is Cn1nccc1C(=O)c1ccc2ccccc2c1. The van der Waals surface area contributed by atoms with Crippen LogP contribution >= 0.6 is 0 Å². The Bertz CT molecular complexity index is 728. The van der Waals surface area contributed by atoms with Gasteiger partial charge in [-0.05, 0) is 22.9 Å². The number of fused-ring (bicyclic) bond motifs is 1. The molecule has 3 rings (SSSR count). The minimum Gasteiger partial charge on any atom is -0.287 e. The molecule has 3 aromatic rings. The summed E-state index contributed by atoms with van der Waals surface area (Å²) >= 11 is 0. The average molecular weight is 236 g/mol. The lowest BCUT2D eigenvalue weighted by atomic mass is 10.0. The normalized spacial score (nSPS) is 10.7. The molecule has 1 heterocycles. The van der Waals surface area contributed by atoms with Crippen LogP contribution in [-0.4, -0.2) is 15.6 Å². The Morgan fingerprint density at radius 1 is 1.06 bits per heavy atom. The predicted octanol–water partition coefficient (Wildman–Crippen LogP) is 2.80. The fourth-order valence-corrected chi connectivity index (χ4v) is 2.08. The van der Waals surface area contributed by atoms with Crippen molar-refractivity contribution in [3.05, 3.63) is 66.0 Å². The number of hydrogen-bond acceptors (Lipinski definition) is 2. The van der Waals surface area contributed by atoms with Gasteiger partial charge in [-0.15, -0.1) is 0 Å². The van der Waals surface area contributed by atoms with Gasteiger partial charge >= 0.3 is 0 Å². The van der Waals surface area contributed by atoms with E-state index in [1.54, 1.807) is 24.0 Å². The van der Waals surface area contributed by atoms with Crippen LogP contribution in [0.1, 0.15) is 16.1 Å². The summed E-state index contributed by atoms with van der Waals surface area (Å²) in [7, 11) is 1.77. The summed E-state index contributed by atoms with van der Waals surface area (Å²) in [4.78, 5) is 12.3. The van der Waals surface area contributed by atoms with Gasteiger partial charge in [-0.25, -0.2) is 0 Å². The number of benzene rings is 2. The van der Waals surface area contributed by atoms with E-state index in [-0.39, 0.29) is 5.78 Å². The highest BCUT2D eigenvalue weighted by Gasteiger charge is 2.12. The monoisotopic (exact) mass is 236 g/mol. The number of rotatable bonds is 2. The molecule has 0 amide bonds. The first-order chi connectivity index (χ1) is 8.75. The van der Waals surface area contributed by atoms with Crippen LogP contribution in [0, 0.1) is 0 Å². The first-order valence-electron chi connectivity index (χ1n) is 5.77. The zero-order chi connectivity index (χ0) is 12.5. The highest BCUT2D eigenvalue weighted by atomic mass is 16.1. The molecule has 0 bridgehead atoms. The third kappa shape index (κ3) is 1.70. The Kier molecular flexibility index (Phi) is 2.45. The van der Waals surface area contributed by atoms with Gasteiger partial charge in [0.05, 0.1) is 0 Å². The first kappa shape index (κ1) is 10.7. The minimum atomic E-state index is 0.000697. The van der Waals surface area contributed by atoms with Crippen LogP contribution in [0.2, 0.25) is 0 Å². The zero-order valence-corrected chi connectivity index (χ0v) is 10.00. The molecule has 1 aromatic heterocycles. The largest absolute Gasteiger partial charge is 0.287 e. The maximum Gasteiger partial charge on any atom is 0.211 e. The van der Waals surface area contributed by atoms with Gasteiger partial charge in [0.2, 0.25) is 5.78 Å². The Labute approximate surface area is 105 Å². The Balaban J connectivity index is 2.10. The molecule has 0 saturated carbocycles. The van der Waals surface area contributed by atoms with Gasteiger partial charge in [0.25, 0.3) is 0 Å². The smallest absolute Gasteiger partial charge is 0.211 e. The lowest BCUT2D eigenvalue weighted by Crippen LogP contribution is -2.08. The van der Waals surface area contributed by atoms with Crippen molar-refractivity contribution in [3.8, 4) is 0 Å². The standard InChI is InChI=1S/C15H12N2O/c1-17-14(8-9-16-17)15(18)13-7-6-11-4-2-3-5-12(11)10-13/h2-10H,1H3. The first-order valence-corrected chi connectivity index (χ1v) is 5.77. The van der Waals surface area contributed by atoms with E-state index in [0.717, 1.165) is 10.8 Å². The van der Waals surface area contributed by atoms with Crippen LogP contribution in [0.4, 0.5) is 0 Å². The molecule has 18 heavy (non-hydrogen) atoms. The second-order valence-corrected chi connectivity index (χ2v) is 4.23. The Hall–Kier alpha value is -2.42. The van der Waals surface area contributed by atoms with E-state index >= 15 is 0 Å². The summed E-state index contributed by atoms with van der Waals surface area (Å²) in [5.41, 5.74) is 1.29. The van der Waals surface area contributed by atoms with Gasteiger partial charge in [-0.3, -0.25) is 9.48 Å². The Morgan fingerprint density at radius 3 is 2.56 bits per heavy atom. The number of nitrogens with zero attached hydrogens (tertiary/aromatic N) is 2. The fraction of sp³-hybridized carbons (Fsp3) is 0.0667. The molecule has 3 nitrogen and oxygen atoms in total. The molecule has 0 aliphatic rings. The van der Waals surface area contributed by atoms with E-state index in [2.05, 4.69) is 5.10 Å². The molecule has 3 heteroatoms. The van der Waals surface area contributed by atoms with Crippen LogP contribution in [0.5, 0.6) is 0 Å². The van der Waals surface area contributed by atoms with E-state index in [1.165, 1.54) is 0 Å². The topological polar surface area (TPSA) is 34.9 Å². The molecule has 0 saturated heterocycles. The van der Waals surface area contributed by atoms with Gasteiger partial charge in [0, 0.05) is 18.8 Å². The summed E-state index contributed by atoms with van der Waals surface area (Å²) in [6.07, 6.45) is 1.63. The highest BCUT2D eigenvalue weighted by Crippen LogP contribution is 2.17. The third-order valence-electron chi connectivity index (χ3n) is 3.07. The zero-order valence-electron chi connectivity index (χ0n) is 10.00. The quantitative estimate of drug-likeness (QED) is 0.641. The third-order valence-corrected chi connectivity index (χ3v) is 3.07. The summed E-state index contributed by atoms with van der Waals surface area (Å²) in [5, 5.41) is 6.23. The van der Waals surface area contributed by atoms with Crippen molar-refractivity contribution in [1.82, 2.24) is 9.78 Å². The van der Waals surface area contributed by atoms with Crippen molar-refractivity contribution in [2.45, 2.75) is 0 Å². The summed E-state index contributed by atoms with van der Waals surface area (Å²) in [6, 6.07) is 15.5. The van der Waals surface area contributed by atoms with E-state index in [1.807, 2.05) is 42.5 Å². The lowest BCUT2D eigenvalue weighted by molar-refractivity contribution is 0.103. The molecular weight excluding hydrogens is 224 g/mol. The number of hydrogen-bond donors (Lipinski definition) is 0. The van der Waals surface area contributed by atoms with E-state index in [0.29, 0.717) is 11.3 Å². The molecule has 0 aliphatic carbocycles. The average Bonchev–Trinajstić information content (AvgIpc) is 2.83. The van der Waals surface area contributed by atoms with Gasteiger partial charge in [0.15, 0.2) is 0 Å². The maximum atomic E-state index is 12.3. The van der Waals surface area contributed by atoms with Gasteiger partial charge in [-0.2, -0.15) is 5.10 Å². The van der Waals surface area contributed by atoms with Crippen molar-refractivity contribution < 1.29 is 4.79 Å². The van der Waals surface area contributed by atoms with Crippen LogP contribution in [0.15, 0.2) is 54.7 Å². The number of aromatic nitrogens is 2. The maximum absolute atomic E-state index is 12.3. The summed E-state index contributed by atoms with van der Waals surface area (Å²) in [5.74, 6) is 0.000697. The van der Waals surface area contributed by atoms with Crippen molar-refractivity contribution >= 4 is 16.6 Å². The lowest BCUT2D eigenvalue weighted by Gasteiger charge is -2.03. The van der Waals surface area contributed by atoms with E-state index in [4.69, 9.17) is 0 Å². The number of ketones is 1. The molecule has 0 radical (unpaired) electrons. The van der Waals surface area contributed by atoms with Crippen molar-refractivity contribution in [2.75, 3.05) is 0 Å². The molecule has 0 fully saturated rings. The van der Waals surface area contributed by atoms with Crippen LogP contribution in [0.3, 0.4) is 0 Å². The molecule has 2 aromatic carbocycles. The van der Waals surface area contributed by atoms with Crippen LogP contribution < -0.4 is 0 Å². The fourth-order valence-electron chi connectivity index (χ4n) is 2.08. The molecule has 88 valence electrons. The molecular formula is C15H12N2O. The number of carbonyl (C=O) groups excluding carboxylic acids is 1. The van der Waals surface area contributed by atoms with E-state index < -0.39 is 0 Å². The van der Waals surface area contributed by atoms with Gasteiger partial charge in [-0.1, -0.05) is 36.4 Å². The summed E-state index contributed by atoms with van der Waals surface area (Å²) in [6.45, 7) is 0. The highest BCUT2D eigenvalue weighted by molar-refractivity contribution is 6.09. The van der Waals surface area contributed by atoms with Crippen molar-refractivity contribution in [1.29, 1.82) is 0 Å². The van der Waals surface area contributed by atoms with Crippen molar-refractivity contribution in [2.24, 2.45) is 7.05 Å². The molecule has 0 aliphatic heterocycles. The number of aryl methyl sites for hydroxylation is 1. The van der Waals surface area contributed by atoms with Crippen LogP contribution in [0.25, 0.3) is 10.8 Å². The molecule has 0 atom stereocenters.